The molecule has 0 atom stereocenters. The van der Waals surface area contributed by atoms with Gasteiger partial charge in [0.05, 0.1) is 0 Å². The fourth-order valence-electron chi connectivity index (χ4n) is 0.440. The van der Waals surface area contributed by atoms with E-state index < -0.39 is 5.97 Å². The minimum absolute atomic E-state index is 0.213. The predicted molar refractivity (Wildman–Crippen MR) is 51.0 cm³/mol. The van der Waals surface area contributed by atoms with E-state index in [1.165, 1.54) is 0 Å². The number of halogens is 3. The molecule has 2 nitrogen and oxygen atoms in total. The fourth-order valence-corrected chi connectivity index (χ4v) is 1.28. The first kappa shape index (κ1) is 10.9. The third-order valence-electron chi connectivity index (χ3n) is 0.851. The van der Waals surface area contributed by atoms with Gasteiger partial charge in [-0.3, -0.25) is 4.79 Å². The van der Waals surface area contributed by atoms with Crippen LogP contribution in [-0.2, 0) is 4.79 Å². The number of alkyl halides is 3. The molecule has 0 unspecified atom stereocenters. The lowest BCUT2D eigenvalue weighted by atomic mass is 10.3. The summed E-state index contributed by atoms with van der Waals surface area (Å²) in [5.74, 6) is -0.753. The van der Waals surface area contributed by atoms with Crippen LogP contribution in [0.1, 0.15) is 19.3 Å². The van der Waals surface area contributed by atoms with E-state index in [1.54, 1.807) is 0 Å². The molecule has 0 amide bonds. The van der Waals surface area contributed by atoms with Gasteiger partial charge in [-0.2, -0.15) is 0 Å². The van der Waals surface area contributed by atoms with Crippen molar-refractivity contribution in [2.24, 2.45) is 0 Å². The van der Waals surface area contributed by atoms with Crippen LogP contribution < -0.4 is 0 Å². The molecule has 0 aromatic heterocycles. The standard InChI is InChI=1S/C5H7Br3O2/c6-5(7,8)3-1-2-4(9)10/h1-3H2,(H,9,10). The van der Waals surface area contributed by atoms with E-state index in [-0.39, 0.29) is 8.56 Å². The van der Waals surface area contributed by atoms with Gasteiger partial charge < -0.3 is 5.11 Å². The van der Waals surface area contributed by atoms with Gasteiger partial charge in [-0.15, -0.1) is 0 Å². The lowest BCUT2D eigenvalue weighted by molar-refractivity contribution is -0.137. The summed E-state index contributed by atoms with van der Waals surface area (Å²) in [6.45, 7) is 0. The van der Waals surface area contributed by atoms with Gasteiger partial charge in [0.1, 0.15) is 2.14 Å². The maximum Gasteiger partial charge on any atom is 0.303 e. The molecule has 0 radical (unpaired) electrons. The molecule has 5 heteroatoms. The van der Waals surface area contributed by atoms with Crippen LogP contribution in [0.15, 0.2) is 0 Å². The highest BCUT2D eigenvalue weighted by Gasteiger charge is 2.16. The van der Waals surface area contributed by atoms with Gasteiger partial charge in [-0.05, 0) is 12.8 Å². The summed E-state index contributed by atoms with van der Waals surface area (Å²) in [6, 6.07) is 0. The van der Waals surface area contributed by atoms with Crippen LogP contribution in [0.2, 0.25) is 0 Å². The summed E-state index contributed by atoms with van der Waals surface area (Å²) in [6.07, 6.45) is 1.60. The summed E-state index contributed by atoms with van der Waals surface area (Å²) >= 11 is 9.81. The number of hydrogen-bond acceptors (Lipinski definition) is 1. The monoisotopic (exact) mass is 336 g/mol. The number of hydrogen-bond donors (Lipinski definition) is 1. The first-order chi connectivity index (χ1) is 4.42. The van der Waals surface area contributed by atoms with Crippen molar-refractivity contribution in [3.05, 3.63) is 0 Å². The van der Waals surface area contributed by atoms with E-state index in [2.05, 4.69) is 47.8 Å². The first-order valence-electron chi connectivity index (χ1n) is 2.70. The minimum Gasteiger partial charge on any atom is -0.481 e. The van der Waals surface area contributed by atoms with Crippen molar-refractivity contribution in [1.29, 1.82) is 0 Å². The summed E-state index contributed by atoms with van der Waals surface area (Å²) < 4.78 is -0.289. The predicted octanol–water partition coefficient (Wildman–Crippen LogP) is 3.08. The zero-order valence-corrected chi connectivity index (χ0v) is 9.87. The third-order valence-corrected chi connectivity index (χ3v) is 2.04. The number of rotatable bonds is 3. The van der Waals surface area contributed by atoms with E-state index in [9.17, 15) is 4.79 Å². The number of aliphatic carboxylic acids is 1. The SMILES string of the molecule is O=C(O)CCCC(Br)(Br)Br. The second kappa shape index (κ2) is 4.72. The first-order valence-corrected chi connectivity index (χ1v) is 5.08. The average molecular weight is 339 g/mol. The Balaban J connectivity index is 3.29. The Morgan fingerprint density at radius 3 is 2.20 bits per heavy atom. The smallest absolute Gasteiger partial charge is 0.303 e. The zero-order valence-electron chi connectivity index (χ0n) is 5.11. The third kappa shape index (κ3) is 8.91. The lowest BCUT2D eigenvalue weighted by Gasteiger charge is -2.09. The summed E-state index contributed by atoms with van der Waals surface area (Å²) in [4.78, 5) is 10.0. The van der Waals surface area contributed by atoms with Gasteiger partial charge in [0.15, 0.2) is 0 Å². The van der Waals surface area contributed by atoms with Gasteiger partial charge in [-0.25, -0.2) is 0 Å². The van der Waals surface area contributed by atoms with Crippen molar-refractivity contribution in [3.8, 4) is 0 Å². The van der Waals surface area contributed by atoms with Gasteiger partial charge >= 0.3 is 5.97 Å². The molecule has 10 heavy (non-hydrogen) atoms. The zero-order chi connectivity index (χ0) is 8.20. The number of carboxylic acid groups (broad SMARTS) is 1. The molecule has 0 aliphatic heterocycles. The summed E-state index contributed by atoms with van der Waals surface area (Å²) in [5, 5.41) is 8.26. The highest BCUT2D eigenvalue weighted by molar-refractivity contribution is 9.39. The summed E-state index contributed by atoms with van der Waals surface area (Å²) in [5.41, 5.74) is 0. The van der Waals surface area contributed by atoms with E-state index in [0.29, 0.717) is 6.42 Å². The van der Waals surface area contributed by atoms with Crippen molar-refractivity contribution in [3.63, 3.8) is 0 Å². The molecule has 0 spiro atoms. The molecule has 0 aliphatic carbocycles. The van der Waals surface area contributed by atoms with Crippen LogP contribution in [-0.4, -0.2) is 13.2 Å². The Bertz CT molecular complexity index is 119. The fraction of sp³-hybridized carbons (Fsp3) is 0.800. The number of carbonyl (C=O) groups is 1. The van der Waals surface area contributed by atoms with Crippen molar-refractivity contribution in [2.75, 3.05) is 0 Å². The molecule has 0 aliphatic rings. The maximum absolute atomic E-state index is 10.0. The highest BCUT2D eigenvalue weighted by Crippen LogP contribution is 2.38. The maximum atomic E-state index is 10.0. The average Bonchev–Trinajstić information content (AvgIpc) is 1.59. The van der Waals surface area contributed by atoms with Gasteiger partial charge in [0, 0.05) is 6.42 Å². The van der Waals surface area contributed by atoms with Crippen molar-refractivity contribution in [1.82, 2.24) is 0 Å². The molecule has 0 rings (SSSR count). The molecule has 1 N–H and O–H groups in total. The Hall–Kier alpha value is 0.910. The molecular formula is C5H7Br3O2. The van der Waals surface area contributed by atoms with Crippen molar-refractivity contribution < 1.29 is 9.90 Å². The Labute approximate surface area is 84.8 Å². The quantitative estimate of drug-likeness (QED) is 0.803. The number of carboxylic acids is 1. The minimum atomic E-state index is -0.753. The second-order valence-corrected chi connectivity index (χ2v) is 9.12. The highest BCUT2D eigenvalue weighted by atomic mass is 80.0. The molecule has 0 heterocycles. The molecule has 0 fully saturated rings. The van der Waals surface area contributed by atoms with Gasteiger partial charge in [0.2, 0.25) is 0 Å². The molecule has 0 aromatic rings. The van der Waals surface area contributed by atoms with Crippen LogP contribution in [0.25, 0.3) is 0 Å². The Morgan fingerprint density at radius 2 is 1.90 bits per heavy atom. The molecule has 60 valence electrons. The molecule has 0 aromatic carbocycles. The van der Waals surface area contributed by atoms with Crippen LogP contribution in [0.3, 0.4) is 0 Å². The van der Waals surface area contributed by atoms with Crippen LogP contribution >= 0.6 is 47.8 Å². The Kier molecular flexibility index (Phi) is 5.15. The van der Waals surface area contributed by atoms with Gasteiger partial charge in [-0.1, -0.05) is 47.8 Å². The van der Waals surface area contributed by atoms with Crippen LogP contribution in [0.5, 0.6) is 0 Å². The normalized spacial score (nSPS) is 11.5. The van der Waals surface area contributed by atoms with E-state index in [0.717, 1.165) is 6.42 Å². The van der Waals surface area contributed by atoms with E-state index >= 15 is 0 Å². The Morgan fingerprint density at radius 1 is 1.40 bits per heavy atom. The van der Waals surface area contributed by atoms with Crippen LogP contribution in [0, 0.1) is 0 Å². The van der Waals surface area contributed by atoms with Crippen LogP contribution in [0.4, 0.5) is 0 Å². The second-order valence-electron chi connectivity index (χ2n) is 1.86. The largest absolute Gasteiger partial charge is 0.481 e. The van der Waals surface area contributed by atoms with Crippen molar-refractivity contribution >= 4 is 53.8 Å². The van der Waals surface area contributed by atoms with Crippen molar-refractivity contribution in [2.45, 2.75) is 21.4 Å². The topological polar surface area (TPSA) is 37.3 Å². The van der Waals surface area contributed by atoms with Gasteiger partial charge in [0.25, 0.3) is 0 Å². The lowest BCUT2D eigenvalue weighted by Crippen LogP contribution is -2.01. The van der Waals surface area contributed by atoms with E-state index in [4.69, 9.17) is 5.11 Å². The molecule has 0 bridgehead atoms. The molecule has 0 saturated heterocycles. The molecule has 0 saturated carbocycles. The molecular weight excluding hydrogens is 332 g/mol. The summed E-state index contributed by atoms with van der Waals surface area (Å²) in [7, 11) is 0. The van der Waals surface area contributed by atoms with E-state index in [1.807, 2.05) is 0 Å².